The fourth-order valence-electron chi connectivity index (χ4n) is 3.39. The summed E-state index contributed by atoms with van der Waals surface area (Å²) < 4.78 is 5.49. The smallest absolute Gasteiger partial charge is 0.257 e. The lowest BCUT2D eigenvalue weighted by molar-refractivity contribution is 0.0703. The third-order valence-electron chi connectivity index (χ3n) is 4.56. The number of carbonyl (C=O) groups excluding carboxylic acids is 1. The monoisotopic (exact) mass is 329 g/mol. The summed E-state index contributed by atoms with van der Waals surface area (Å²) in [5, 5.41) is 9.56. The standard InChI is InChI=1S/C18H23N3O3/c1-11-7-16(12(2)24-11)18(23)21-6-4-5-14(9-21)17-15(10-22)8-19-13(3)20-17/h7-8,14,22H,4-6,9-10H2,1-3H3. The Morgan fingerprint density at radius 2 is 2.21 bits per heavy atom. The molecule has 24 heavy (non-hydrogen) atoms. The van der Waals surface area contributed by atoms with E-state index in [1.165, 1.54) is 0 Å². The molecule has 2 aromatic heterocycles. The van der Waals surface area contributed by atoms with Crippen molar-refractivity contribution >= 4 is 5.91 Å². The van der Waals surface area contributed by atoms with Crippen molar-refractivity contribution in [3.8, 4) is 0 Å². The number of aromatic nitrogens is 2. The molecule has 6 nitrogen and oxygen atoms in total. The summed E-state index contributed by atoms with van der Waals surface area (Å²) in [4.78, 5) is 23.4. The van der Waals surface area contributed by atoms with Gasteiger partial charge in [-0.25, -0.2) is 9.97 Å². The molecule has 0 spiro atoms. The van der Waals surface area contributed by atoms with E-state index < -0.39 is 0 Å². The fourth-order valence-corrected chi connectivity index (χ4v) is 3.39. The summed E-state index contributed by atoms with van der Waals surface area (Å²) in [5.74, 6) is 2.23. The summed E-state index contributed by atoms with van der Waals surface area (Å²) in [6.07, 6.45) is 3.55. The largest absolute Gasteiger partial charge is 0.466 e. The van der Waals surface area contributed by atoms with Gasteiger partial charge in [0.2, 0.25) is 0 Å². The van der Waals surface area contributed by atoms with Crippen molar-refractivity contribution in [2.45, 2.75) is 46.1 Å². The predicted molar refractivity (Wildman–Crippen MR) is 88.8 cm³/mol. The minimum Gasteiger partial charge on any atom is -0.466 e. The molecule has 0 saturated carbocycles. The predicted octanol–water partition coefficient (Wildman–Crippen LogP) is 2.51. The van der Waals surface area contributed by atoms with E-state index in [0.717, 1.165) is 36.4 Å². The third-order valence-corrected chi connectivity index (χ3v) is 4.56. The molecule has 1 amide bonds. The molecule has 1 atom stereocenters. The Balaban J connectivity index is 1.83. The van der Waals surface area contributed by atoms with Crippen LogP contribution in [0.5, 0.6) is 0 Å². The quantitative estimate of drug-likeness (QED) is 0.936. The zero-order valence-corrected chi connectivity index (χ0v) is 14.4. The Morgan fingerprint density at radius 1 is 1.42 bits per heavy atom. The van der Waals surface area contributed by atoms with E-state index >= 15 is 0 Å². The van der Waals surface area contributed by atoms with Crippen LogP contribution in [0.3, 0.4) is 0 Å². The molecule has 2 aromatic rings. The maximum atomic E-state index is 12.8. The van der Waals surface area contributed by atoms with Gasteiger partial charge in [0.25, 0.3) is 5.91 Å². The molecule has 0 aromatic carbocycles. The number of furan rings is 1. The Morgan fingerprint density at radius 3 is 2.88 bits per heavy atom. The first-order valence-corrected chi connectivity index (χ1v) is 8.29. The lowest BCUT2D eigenvalue weighted by atomic mass is 9.91. The Kier molecular flexibility index (Phi) is 4.66. The van der Waals surface area contributed by atoms with Gasteiger partial charge in [0.1, 0.15) is 17.3 Å². The maximum absolute atomic E-state index is 12.8. The van der Waals surface area contributed by atoms with E-state index in [0.29, 0.717) is 23.7 Å². The first-order valence-electron chi connectivity index (χ1n) is 8.29. The highest BCUT2D eigenvalue weighted by Gasteiger charge is 2.29. The first kappa shape index (κ1) is 16.6. The van der Waals surface area contributed by atoms with Crippen molar-refractivity contribution in [2.24, 2.45) is 0 Å². The van der Waals surface area contributed by atoms with Crippen molar-refractivity contribution in [1.29, 1.82) is 0 Å². The van der Waals surface area contributed by atoms with Crippen LogP contribution in [0.25, 0.3) is 0 Å². The minimum atomic E-state index is -0.0832. The van der Waals surface area contributed by atoms with Crippen molar-refractivity contribution in [2.75, 3.05) is 13.1 Å². The normalized spacial score (nSPS) is 18.0. The number of nitrogens with zero attached hydrogens (tertiary/aromatic N) is 3. The summed E-state index contributed by atoms with van der Waals surface area (Å²) in [5.41, 5.74) is 2.24. The number of rotatable bonds is 3. The maximum Gasteiger partial charge on any atom is 0.257 e. The number of piperidine rings is 1. The SMILES string of the molecule is Cc1ncc(CO)c(C2CCCN(C(=O)c3cc(C)oc3C)C2)n1. The van der Waals surface area contributed by atoms with Crippen LogP contribution in [0.1, 0.15) is 57.7 Å². The van der Waals surface area contributed by atoms with Crippen LogP contribution in [-0.4, -0.2) is 39.0 Å². The third kappa shape index (κ3) is 3.19. The topological polar surface area (TPSA) is 79.5 Å². The highest BCUT2D eigenvalue weighted by atomic mass is 16.3. The van der Waals surface area contributed by atoms with Gasteiger partial charge in [-0.3, -0.25) is 4.79 Å². The van der Waals surface area contributed by atoms with Gasteiger partial charge in [-0.15, -0.1) is 0 Å². The van der Waals surface area contributed by atoms with Gasteiger partial charge in [-0.1, -0.05) is 0 Å². The second-order valence-corrected chi connectivity index (χ2v) is 6.40. The van der Waals surface area contributed by atoms with Gasteiger partial charge in [-0.05, 0) is 39.7 Å². The van der Waals surface area contributed by atoms with Gasteiger partial charge >= 0.3 is 0 Å². The van der Waals surface area contributed by atoms with Gasteiger partial charge < -0.3 is 14.4 Å². The number of carbonyl (C=O) groups is 1. The average molecular weight is 329 g/mol. The minimum absolute atomic E-state index is 0.00498. The van der Waals surface area contributed by atoms with Gasteiger partial charge in [0.15, 0.2) is 0 Å². The molecule has 1 N–H and O–H groups in total. The molecule has 0 bridgehead atoms. The molecule has 0 aliphatic carbocycles. The second kappa shape index (κ2) is 6.73. The summed E-state index contributed by atoms with van der Waals surface area (Å²) in [6.45, 7) is 6.76. The molecule has 1 aliphatic rings. The number of aliphatic hydroxyl groups is 1. The molecule has 6 heteroatoms. The molecule has 3 heterocycles. The number of aliphatic hydroxyl groups excluding tert-OH is 1. The Bertz CT molecular complexity index is 754. The van der Waals surface area contributed by atoms with Crippen molar-refractivity contribution < 1.29 is 14.3 Å². The molecular formula is C18H23N3O3. The molecule has 1 aliphatic heterocycles. The lowest BCUT2D eigenvalue weighted by Gasteiger charge is -2.33. The fraction of sp³-hybridized carbons (Fsp3) is 0.500. The summed E-state index contributed by atoms with van der Waals surface area (Å²) in [6, 6.07) is 1.80. The zero-order chi connectivity index (χ0) is 17.3. The number of amides is 1. The van der Waals surface area contributed by atoms with Crippen molar-refractivity contribution in [3.63, 3.8) is 0 Å². The first-order chi connectivity index (χ1) is 11.5. The highest BCUT2D eigenvalue weighted by Crippen LogP contribution is 2.29. The van der Waals surface area contributed by atoms with Crippen LogP contribution in [0.2, 0.25) is 0 Å². The molecule has 128 valence electrons. The zero-order valence-electron chi connectivity index (χ0n) is 14.4. The second-order valence-electron chi connectivity index (χ2n) is 6.40. The molecule has 1 fully saturated rings. The van der Waals surface area contributed by atoms with E-state index in [9.17, 15) is 9.90 Å². The van der Waals surface area contributed by atoms with E-state index in [1.807, 2.05) is 25.7 Å². The van der Waals surface area contributed by atoms with E-state index in [1.54, 1.807) is 12.3 Å². The van der Waals surface area contributed by atoms with E-state index in [2.05, 4.69) is 9.97 Å². The van der Waals surface area contributed by atoms with Crippen LogP contribution < -0.4 is 0 Å². The van der Waals surface area contributed by atoms with E-state index in [4.69, 9.17) is 4.42 Å². The van der Waals surface area contributed by atoms with Gasteiger partial charge in [0.05, 0.1) is 17.9 Å². The molecule has 1 saturated heterocycles. The van der Waals surface area contributed by atoms with Crippen LogP contribution in [-0.2, 0) is 6.61 Å². The summed E-state index contributed by atoms with van der Waals surface area (Å²) in [7, 11) is 0. The molecule has 1 unspecified atom stereocenters. The number of aryl methyl sites for hydroxylation is 3. The number of likely N-dealkylation sites (tertiary alicyclic amines) is 1. The van der Waals surface area contributed by atoms with Crippen LogP contribution in [0.4, 0.5) is 0 Å². The molecule has 3 rings (SSSR count). The van der Waals surface area contributed by atoms with E-state index in [-0.39, 0.29) is 18.4 Å². The summed E-state index contributed by atoms with van der Waals surface area (Å²) >= 11 is 0. The van der Waals surface area contributed by atoms with Gasteiger partial charge in [0, 0.05) is 30.8 Å². The lowest BCUT2D eigenvalue weighted by Crippen LogP contribution is -2.39. The molecule has 0 radical (unpaired) electrons. The van der Waals surface area contributed by atoms with Crippen LogP contribution in [0, 0.1) is 20.8 Å². The number of hydrogen-bond donors (Lipinski definition) is 1. The van der Waals surface area contributed by atoms with Crippen LogP contribution in [0.15, 0.2) is 16.7 Å². The van der Waals surface area contributed by atoms with Crippen molar-refractivity contribution in [1.82, 2.24) is 14.9 Å². The van der Waals surface area contributed by atoms with Gasteiger partial charge in [-0.2, -0.15) is 0 Å². The number of hydrogen-bond acceptors (Lipinski definition) is 5. The average Bonchev–Trinajstić information content (AvgIpc) is 2.92. The Labute approximate surface area is 141 Å². The van der Waals surface area contributed by atoms with Crippen molar-refractivity contribution in [3.05, 3.63) is 46.4 Å². The Hall–Kier alpha value is -2.21. The van der Waals surface area contributed by atoms with Crippen LogP contribution >= 0.6 is 0 Å². The highest BCUT2D eigenvalue weighted by molar-refractivity contribution is 5.95. The molecular weight excluding hydrogens is 306 g/mol.